The van der Waals surface area contributed by atoms with Gasteiger partial charge in [0.1, 0.15) is 28.4 Å². The van der Waals surface area contributed by atoms with Crippen molar-refractivity contribution >= 4 is 44.5 Å². The Balaban J connectivity index is 0.000000357. The Morgan fingerprint density at radius 1 is 0.718 bits per heavy atom. The third kappa shape index (κ3) is 17.2. The highest BCUT2D eigenvalue weighted by Gasteiger charge is 2.46. The molecule has 0 spiro atoms. The van der Waals surface area contributed by atoms with E-state index in [4.69, 9.17) is 42.3 Å². The van der Waals surface area contributed by atoms with Crippen LogP contribution in [-0.2, 0) is 57.5 Å². The fourth-order valence-corrected chi connectivity index (χ4v) is 9.60. The number of amides is 1. The number of hydrogen-bond donors (Lipinski definition) is 1. The number of carbonyl (C=O) groups excluding carboxylic acids is 3. The molecule has 6 rings (SSSR count). The van der Waals surface area contributed by atoms with Gasteiger partial charge in [-0.05, 0) is 154 Å². The summed E-state index contributed by atoms with van der Waals surface area (Å²) in [7, 11) is -2.21. The van der Waals surface area contributed by atoms with E-state index >= 15 is 0 Å². The van der Waals surface area contributed by atoms with E-state index in [1.807, 2.05) is 47.6 Å². The minimum atomic E-state index is -3.73. The number of halogens is 1. The lowest BCUT2D eigenvalue weighted by atomic mass is 10.0. The third-order valence-corrected chi connectivity index (χ3v) is 13.4. The maximum absolute atomic E-state index is 13.7. The molecule has 1 aromatic heterocycles. The average molecular weight is 1020 g/mol. The summed E-state index contributed by atoms with van der Waals surface area (Å²) >= 11 is 0. The fraction of sp³-hybridized carbons (Fsp3) is 0.679. The Morgan fingerprint density at radius 2 is 1.18 bits per heavy atom. The molecule has 71 heavy (non-hydrogen) atoms. The zero-order valence-electron chi connectivity index (χ0n) is 43.5. The predicted molar refractivity (Wildman–Crippen MR) is 269 cm³/mol. The van der Waals surface area contributed by atoms with Crippen molar-refractivity contribution < 1.29 is 69.5 Å². The van der Waals surface area contributed by atoms with E-state index in [9.17, 15) is 27.2 Å². The van der Waals surface area contributed by atoms with Gasteiger partial charge in [-0.1, -0.05) is 6.92 Å². The zero-order chi connectivity index (χ0) is 51.9. The van der Waals surface area contributed by atoms with Crippen molar-refractivity contribution in [2.24, 2.45) is 0 Å². The van der Waals surface area contributed by atoms with Crippen LogP contribution in [0.1, 0.15) is 141 Å². The van der Waals surface area contributed by atoms with Gasteiger partial charge in [-0.2, -0.15) is 0 Å². The Morgan fingerprint density at radius 3 is 1.62 bits per heavy atom. The molecule has 3 aliphatic rings. The smallest absolute Gasteiger partial charge is 0.338 e. The van der Waals surface area contributed by atoms with E-state index in [1.54, 1.807) is 6.07 Å². The van der Waals surface area contributed by atoms with Gasteiger partial charge >= 0.3 is 11.9 Å². The predicted octanol–water partition coefficient (Wildman–Crippen LogP) is 9.05. The van der Waals surface area contributed by atoms with Crippen molar-refractivity contribution in [3.8, 4) is 11.3 Å². The summed E-state index contributed by atoms with van der Waals surface area (Å²) in [4.78, 5) is 38.3. The molecule has 0 atom stereocenters. The van der Waals surface area contributed by atoms with Crippen LogP contribution in [0.5, 0.6) is 0 Å². The third-order valence-electron chi connectivity index (χ3n) is 12.2. The Hall–Kier alpha value is -4.17. The van der Waals surface area contributed by atoms with E-state index in [2.05, 4.69) is 12.2 Å². The number of esters is 2. The van der Waals surface area contributed by atoms with E-state index < -0.39 is 38.2 Å². The Labute approximate surface area is 420 Å². The molecular formula is C53H79FN2O14S. The number of nitrogens with one attached hydrogen (secondary N) is 1. The van der Waals surface area contributed by atoms with Gasteiger partial charge < -0.3 is 47.6 Å². The van der Waals surface area contributed by atoms with Gasteiger partial charge in [0, 0.05) is 30.7 Å². The lowest BCUT2D eigenvalue weighted by Crippen LogP contribution is -2.44. The number of sulfonamides is 1. The standard InChI is InChI=1S/C36H47FN2O9S.C17H32O5/c1-35(2,3)48-34(41)36(14-6-7-15-36)46-21-20-45-19-18-44-17-16-39(49(5,42)43)29-23-30-28(22-27(29)24-8-9-24)31(33(40)38-4)32(47-30)25-10-12-26(37)13-11-25;1-5-10-19-11-12-20-13-14-21-17(8-6-7-9-17)15(18)22-16(2,3)4/h10-13,22-24H,6-9,14-21H2,1-5H3,(H,38,40);5-14H2,1-4H3. The number of hydrogen-bond acceptors (Lipinski definition) is 14. The van der Waals surface area contributed by atoms with E-state index in [0.717, 1.165) is 76.2 Å². The van der Waals surface area contributed by atoms with Crippen LogP contribution in [0.2, 0.25) is 0 Å². The lowest BCUT2D eigenvalue weighted by Gasteiger charge is -2.31. The summed E-state index contributed by atoms with van der Waals surface area (Å²) in [6.07, 6.45) is 10.5. The molecule has 0 radical (unpaired) electrons. The molecule has 0 aliphatic heterocycles. The number of rotatable bonds is 26. The first kappa shape index (κ1) is 57.7. The summed E-state index contributed by atoms with van der Waals surface area (Å²) in [5.41, 5.74) is -0.312. The number of fused-ring (bicyclic) bond motifs is 1. The molecule has 1 N–H and O–H groups in total. The number of carbonyl (C=O) groups is 3. The number of ether oxygens (including phenoxy) is 8. The Bertz CT molecular complexity index is 2290. The summed E-state index contributed by atoms with van der Waals surface area (Å²) in [6.45, 7) is 17.2. The highest BCUT2D eigenvalue weighted by Crippen LogP contribution is 2.48. The van der Waals surface area contributed by atoms with Crippen LogP contribution in [0, 0.1) is 5.82 Å². The van der Waals surface area contributed by atoms with Gasteiger partial charge in [-0.25, -0.2) is 22.4 Å². The molecule has 16 nitrogen and oxygen atoms in total. The second-order valence-electron chi connectivity index (χ2n) is 20.5. The fourth-order valence-electron chi connectivity index (χ4n) is 8.68. The van der Waals surface area contributed by atoms with Crippen molar-refractivity contribution in [3.05, 3.63) is 53.3 Å². The molecule has 3 aliphatic carbocycles. The van der Waals surface area contributed by atoms with Crippen LogP contribution in [0.25, 0.3) is 22.3 Å². The molecular weight excluding hydrogens is 940 g/mol. The number of benzene rings is 2. The van der Waals surface area contributed by atoms with E-state index in [1.165, 1.54) is 35.6 Å². The summed E-state index contributed by atoms with van der Waals surface area (Å²) in [6, 6.07) is 9.17. The molecule has 3 aromatic rings. The first-order chi connectivity index (χ1) is 33.6. The van der Waals surface area contributed by atoms with Crippen molar-refractivity contribution in [2.75, 3.05) is 90.2 Å². The lowest BCUT2D eigenvalue weighted by molar-refractivity contribution is -0.185. The van der Waals surface area contributed by atoms with Crippen LogP contribution in [-0.4, -0.2) is 135 Å². The van der Waals surface area contributed by atoms with E-state index in [-0.39, 0.29) is 69.1 Å². The summed E-state index contributed by atoms with van der Waals surface area (Å²) in [5, 5.41) is 3.21. The van der Waals surface area contributed by atoms with Crippen molar-refractivity contribution in [1.82, 2.24) is 5.32 Å². The van der Waals surface area contributed by atoms with Crippen molar-refractivity contribution in [3.63, 3.8) is 0 Å². The molecule has 3 fully saturated rings. The van der Waals surface area contributed by atoms with Crippen molar-refractivity contribution in [1.29, 1.82) is 0 Å². The minimum absolute atomic E-state index is 0.0550. The quantitative estimate of drug-likeness (QED) is 0.0593. The van der Waals surface area contributed by atoms with Crippen LogP contribution in [0.3, 0.4) is 0 Å². The molecule has 1 amide bonds. The minimum Gasteiger partial charge on any atom is -0.458 e. The average Bonchev–Trinajstić information content (AvgIpc) is 3.64. The molecule has 0 saturated heterocycles. The number of furan rings is 1. The summed E-state index contributed by atoms with van der Waals surface area (Å²) < 4.78 is 92.6. The number of anilines is 1. The highest BCUT2D eigenvalue weighted by molar-refractivity contribution is 7.92. The maximum atomic E-state index is 13.7. The van der Waals surface area contributed by atoms with Gasteiger partial charge in [0.2, 0.25) is 10.0 Å². The van der Waals surface area contributed by atoms with Crippen LogP contribution < -0.4 is 9.62 Å². The summed E-state index contributed by atoms with van der Waals surface area (Å²) in [5.74, 6) is -0.928. The molecule has 398 valence electrons. The first-order valence-electron chi connectivity index (χ1n) is 25.2. The monoisotopic (exact) mass is 1020 g/mol. The second-order valence-corrected chi connectivity index (χ2v) is 22.4. The van der Waals surface area contributed by atoms with Gasteiger partial charge in [0.15, 0.2) is 11.2 Å². The molecule has 0 bridgehead atoms. The zero-order valence-corrected chi connectivity index (χ0v) is 44.4. The SMILES string of the molecule is CCCOCCOCCOC1(C(=O)OC(C)(C)C)CCCC1.CNC(=O)c1c(-c2ccc(F)cc2)oc2cc(N(CCOCCOCCOC3(C(=O)OC(C)(C)C)CCCC3)S(C)(=O)=O)c(C3CC3)cc12. The largest absolute Gasteiger partial charge is 0.458 e. The molecule has 0 unspecified atom stereocenters. The normalized spacial score (nSPS) is 16.6. The molecule has 1 heterocycles. The van der Waals surface area contributed by atoms with Gasteiger partial charge in [0.05, 0.1) is 83.5 Å². The maximum Gasteiger partial charge on any atom is 0.338 e. The van der Waals surface area contributed by atoms with Gasteiger partial charge in [-0.15, -0.1) is 0 Å². The van der Waals surface area contributed by atoms with Crippen LogP contribution >= 0.6 is 0 Å². The second kappa shape index (κ2) is 26.2. The van der Waals surface area contributed by atoms with Crippen LogP contribution in [0.4, 0.5) is 10.1 Å². The molecule has 2 aromatic carbocycles. The Kier molecular flexibility index (Phi) is 21.3. The topological polar surface area (TPSA) is 188 Å². The van der Waals surface area contributed by atoms with Gasteiger partial charge in [0.25, 0.3) is 5.91 Å². The highest BCUT2D eigenvalue weighted by atomic mass is 32.2. The van der Waals surface area contributed by atoms with Crippen LogP contribution in [0.15, 0.2) is 40.8 Å². The van der Waals surface area contributed by atoms with Gasteiger partial charge in [-0.3, -0.25) is 9.10 Å². The molecule has 18 heteroatoms. The van der Waals surface area contributed by atoms with E-state index in [0.29, 0.717) is 67.1 Å². The number of nitrogens with zero attached hydrogens (tertiary/aromatic N) is 1. The van der Waals surface area contributed by atoms with Crippen molar-refractivity contribution in [2.45, 2.75) is 147 Å². The molecule has 3 saturated carbocycles. The first-order valence-corrected chi connectivity index (χ1v) is 27.1.